The van der Waals surface area contributed by atoms with Crippen molar-refractivity contribution in [1.29, 1.82) is 0 Å². The average Bonchev–Trinajstić information content (AvgIpc) is 2.88. The van der Waals surface area contributed by atoms with E-state index in [2.05, 4.69) is 20.8 Å². The lowest BCUT2D eigenvalue weighted by Crippen LogP contribution is -2.13. The van der Waals surface area contributed by atoms with Crippen LogP contribution in [0.5, 0.6) is 0 Å². The molecule has 2 aromatic rings. The Labute approximate surface area is 115 Å². The van der Waals surface area contributed by atoms with E-state index in [1.54, 1.807) is 12.1 Å². The Balaban J connectivity index is 1.78. The van der Waals surface area contributed by atoms with Gasteiger partial charge < -0.3 is 10.6 Å². The van der Waals surface area contributed by atoms with E-state index in [9.17, 15) is 4.79 Å². The SMILES string of the molecule is O=C(Nc1ccc(Cl)nn1)c1ccc2c(c1)NCC2. The minimum atomic E-state index is -0.215. The van der Waals surface area contributed by atoms with Gasteiger partial charge in [-0.15, -0.1) is 10.2 Å². The molecule has 0 bridgehead atoms. The van der Waals surface area contributed by atoms with E-state index in [1.807, 2.05) is 18.2 Å². The number of nitrogens with one attached hydrogen (secondary N) is 2. The number of aromatic nitrogens is 2. The molecule has 1 aromatic carbocycles. The quantitative estimate of drug-likeness (QED) is 0.882. The molecule has 1 aliphatic heterocycles. The van der Waals surface area contributed by atoms with Crippen LogP contribution in [0, 0.1) is 0 Å². The summed E-state index contributed by atoms with van der Waals surface area (Å²) < 4.78 is 0. The largest absolute Gasteiger partial charge is 0.384 e. The number of benzene rings is 1. The van der Waals surface area contributed by atoms with Gasteiger partial charge in [0, 0.05) is 17.8 Å². The second-order valence-corrected chi connectivity index (χ2v) is 4.63. The van der Waals surface area contributed by atoms with Gasteiger partial charge in [-0.2, -0.15) is 0 Å². The van der Waals surface area contributed by atoms with Crippen LogP contribution in [0.2, 0.25) is 5.15 Å². The molecule has 1 aromatic heterocycles. The molecule has 0 radical (unpaired) electrons. The van der Waals surface area contributed by atoms with Crippen LogP contribution in [0.3, 0.4) is 0 Å². The number of halogens is 1. The Bertz CT molecular complexity index is 627. The van der Waals surface area contributed by atoms with Crippen molar-refractivity contribution >= 4 is 29.0 Å². The van der Waals surface area contributed by atoms with Crippen LogP contribution < -0.4 is 10.6 Å². The molecule has 0 spiro atoms. The zero-order valence-corrected chi connectivity index (χ0v) is 10.7. The minimum Gasteiger partial charge on any atom is -0.384 e. The lowest BCUT2D eigenvalue weighted by Gasteiger charge is -2.06. The van der Waals surface area contributed by atoms with Crippen molar-refractivity contribution < 1.29 is 4.79 Å². The van der Waals surface area contributed by atoms with Crippen LogP contribution in [-0.2, 0) is 6.42 Å². The highest BCUT2D eigenvalue weighted by Gasteiger charge is 2.13. The van der Waals surface area contributed by atoms with E-state index in [1.165, 1.54) is 5.56 Å². The molecule has 0 saturated carbocycles. The Hall–Kier alpha value is -2.14. The molecule has 0 aliphatic carbocycles. The topological polar surface area (TPSA) is 66.9 Å². The maximum Gasteiger partial charge on any atom is 0.256 e. The highest BCUT2D eigenvalue weighted by molar-refractivity contribution is 6.29. The number of carbonyl (C=O) groups is 1. The summed E-state index contributed by atoms with van der Waals surface area (Å²) in [5.74, 6) is 0.163. The van der Waals surface area contributed by atoms with Crippen LogP contribution in [-0.4, -0.2) is 22.6 Å². The van der Waals surface area contributed by atoms with Crippen molar-refractivity contribution in [2.75, 3.05) is 17.2 Å². The summed E-state index contributed by atoms with van der Waals surface area (Å²) in [7, 11) is 0. The van der Waals surface area contributed by atoms with Gasteiger partial charge in [-0.3, -0.25) is 4.79 Å². The zero-order chi connectivity index (χ0) is 13.2. The first-order chi connectivity index (χ1) is 9.22. The predicted molar refractivity (Wildman–Crippen MR) is 73.6 cm³/mol. The van der Waals surface area contributed by atoms with Crippen molar-refractivity contribution in [3.8, 4) is 0 Å². The van der Waals surface area contributed by atoms with Crippen LogP contribution in [0.15, 0.2) is 30.3 Å². The van der Waals surface area contributed by atoms with Crippen LogP contribution in [0.25, 0.3) is 0 Å². The van der Waals surface area contributed by atoms with Crippen LogP contribution in [0.4, 0.5) is 11.5 Å². The summed E-state index contributed by atoms with van der Waals surface area (Å²) in [6, 6.07) is 8.82. The minimum absolute atomic E-state index is 0.215. The highest BCUT2D eigenvalue weighted by Crippen LogP contribution is 2.23. The van der Waals surface area contributed by atoms with E-state index in [0.29, 0.717) is 16.5 Å². The number of hydrogen-bond acceptors (Lipinski definition) is 4. The Morgan fingerprint density at radius 2 is 2.16 bits per heavy atom. The molecular formula is C13H11ClN4O. The lowest BCUT2D eigenvalue weighted by atomic mass is 10.1. The molecule has 5 nitrogen and oxygen atoms in total. The second-order valence-electron chi connectivity index (χ2n) is 4.24. The van der Waals surface area contributed by atoms with Gasteiger partial charge in [0.25, 0.3) is 5.91 Å². The van der Waals surface area contributed by atoms with Gasteiger partial charge in [0.15, 0.2) is 11.0 Å². The molecule has 0 atom stereocenters. The van der Waals surface area contributed by atoms with Crippen LogP contribution >= 0.6 is 11.6 Å². The maximum atomic E-state index is 12.1. The van der Waals surface area contributed by atoms with Crippen molar-refractivity contribution in [2.24, 2.45) is 0 Å². The fourth-order valence-corrected chi connectivity index (χ4v) is 2.10. The van der Waals surface area contributed by atoms with Gasteiger partial charge >= 0.3 is 0 Å². The third kappa shape index (κ3) is 2.51. The smallest absolute Gasteiger partial charge is 0.256 e. The number of nitrogens with zero attached hydrogens (tertiary/aromatic N) is 2. The predicted octanol–water partition coefficient (Wildman–Crippen LogP) is 2.35. The summed E-state index contributed by atoms with van der Waals surface area (Å²) in [5.41, 5.74) is 2.85. The third-order valence-corrected chi connectivity index (χ3v) is 3.16. The van der Waals surface area contributed by atoms with Gasteiger partial charge in [-0.25, -0.2) is 0 Å². The molecule has 0 saturated heterocycles. The number of carbonyl (C=O) groups excluding carboxylic acids is 1. The molecule has 2 N–H and O–H groups in total. The molecule has 96 valence electrons. The lowest BCUT2D eigenvalue weighted by molar-refractivity contribution is 0.102. The fourth-order valence-electron chi connectivity index (χ4n) is 2.00. The molecule has 3 rings (SSSR count). The molecule has 1 aliphatic rings. The van der Waals surface area contributed by atoms with Crippen molar-refractivity contribution in [3.63, 3.8) is 0 Å². The molecule has 19 heavy (non-hydrogen) atoms. The van der Waals surface area contributed by atoms with Gasteiger partial charge in [0.2, 0.25) is 0 Å². The van der Waals surface area contributed by atoms with Gasteiger partial charge in [-0.1, -0.05) is 17.7 Å². The molecule has 0 unspecified atom stereocenters. The first-order valence-electron chi connectivity index (χ1n) is 5.90. The zero-order valence-electron chi connectivity index (χ0n) is 9.98. The van der Waals surface area contributed by atoms with Gasteiger partial charge in [0.05, 0.1) is 0 Å². The number of fused-ring (bicyclic) bond motifs is 1. The van der Waals surface area contributed by atoms with E-state index < -0.39 is 0 Å². The first kappa shape index (κ1) is 11.9. The van der Waals surface area contributed by atoms with E-state index in [0.717, 1.165) is 18.7 Å². The highest BCUT2D eigenvalue weighted by atomic mass is 35.5. The summed E-state index contributed by atoms with van der Waals surface area (Å²) in [6.45, 7) is 0.920. The van der Waals surface area contributed by atoms with E-state index in [-0.39, 0.29) is 5.91 Å². The average molecular weight is 275 g/mol. The molecule has 2 heterocycles. The summed E-state index contributed by atoms with van der Waals surface area (Å²) in [4.78, 5) is 12.1. The maximum absolute atomic E-state index is 12.1. The standard InChI is InChI=1S/C13H11ClN4O/c14-11-3-4-12(18-17-11)16-13(19)9-2-1-8-5-6-15-10(8)7-9/h1-4,7,15H,5-6H2,(H,16,18,19). The molecule has 1 amide bonds. The molecule has 6 heteroatoms. The summed E-state index contributed by atoms with van der Waals surface area (Å²) >= 11 is 5.63. The molecular weight excluding hydrogens is 264 g/mol. The van der Waals surface area contributed by atoms with E-state index >= 15 is 0 Å². The Kier molecular flexibility index (Phi) is 3.05. The summed E-state index contributed by atoms with van der Waals surface area (Å²) in [6.07, 6.45) is 1.000. The van der Waals surface area contributed by atoms with Crippen molar-refractivity contribution in [2.45, 2.75) is 6.42 Å². The third-order valence-electron chi connectivity index (χ3n) is 2.96. The fraction of sp³-hybridized carbons (Fsp3) is 0.154. The van der Waals surface area contributed by atoms with E-state index in [4.69, 9.17) is 11.6 Å². The normalized spacial score (nSPS) is 12.7. The van der Waals surface area contributed by atoms with Gasteiger partial charge in [-0.05, 0) is 36.2 Å². The Morgan fingerprint density at radius 3 is 2.95 bits per heavy atom. The monoisotopic (exact) mass is 274 g/mol. The molecule has 0 fully saturated rings. The first-order valence-corrected chi connectivity index (χ1v) is 6.27. The van der Waals surface area contributed by atoms with Crippen molar-refractivity contribution in [1.82, 2.24) is 10.2 Å². The van der Waals surface area contributed by atoms with Gasteiger partial charge in [0.1, 0.15) is 0 Å². The summed E-state index contributed by atoms with van der Waals surface area (Å²) in [5, 5.41) is 13.7. The Morgan fingerprint density at radius 1 is 1.26 bits per heavy atom. The number of rotatable bonds is 2. The van der Waals surface area contributed by atoms with Crippen molar-refractivity contribution in [3.05, 3.63) is 46.6 Å². The number of hydrogen-bond donors (Lipinski definition) is 2. The number of amides is 1. The number of anilines is 2. The van der Waals surface area contributed by atoms with Crippen LogP contribution in [0.1, 0.15) is 15.9 Å². The second kappa shape index (κ2) is 4.85.